The molecule has 2 unspecified atom stereocenters. The first-order valence-electron chi connectivity index (χ1n) is 7.53. The highest BCUT2D eigenvalue weighted by Crippen LogP contribution is 2.18. The van der Waals surface area contributed by atoms with Gasteiger partial charge in [-0.25, -0.2) is 4.39 Å². The Kier molecular flexibility index (Phi) is 7.85. The molecule has 0 bridgehead atoms. The highest BCUT2D eigenvalue weighted by Gasteiger charge is 2.15. The van der Waals surface area contributed by atoms with Crippen molar-refractivity contribution < 1.29 is 14.3 Å². The van der Waals surface area contributed by atoms with Crippen molar-refractivity contribution in [2.24, 2.45) is 5.73 Å². The lowest BCUT2D eigenvalue weighted by atomic mass is 10.0. The molecule has 4 nitrogen and oxygen atoms in total. The van der Waals surface area contributed by atoms with Crippen LogP contribution in [-0.4, -0.2) is 17.1 Å². The number of hydrogen-bond donors (Lipinski definition) is 3. The molecule has 0 radical (unpaired) electrons. The summed E-state index contributed by atoms with van der Waals surface area (Å²) in [7, 11) is 0. The van der Waals surface area contributed by atoms with Crippen LogP contribution in [0.3, 0.4) is 0 Å². The highest BCUT2D eigenvalue weighted by molar-refractivity contribution is 5.94. The van der Waals surface area contributed by atoms with E-state index in [0.29, 0.717) is 24.1 Å². The van der Waals surface area contributed by atoms with Crippen molar-refractivity contribution in [3.05, 3.63) is 71.0 Å². The van der Waals surface area contributed by atoms with E-state index >= 15 is 0 Å². The molecule has 0 aliphatic rings. The number of aliphatic hydroxyl groups excluding tert-OH is 1. The number of nitrogens with two attached hydrogens (primary N) is 1. The van der Waals surface area contributed by atoms with Crippen LogP contribution in [-0.2, 0) is 6.54 Å². The summed E-state index contributed by atoms with van der Waals surface area (Å²) in [6, 6.07) is 12.5. The van der Waals surface area contributed by atoms with Crippen LogP contribution < -0.4 is 11.1 Å². The van der Waals surface area contributed by atoms with Crippen LogP contribution in [0.4, 0.5) is 4.39 Å². The molecule has 1 amide bonds. The maximum Gasteiger partial charge on any atom is 0.251 e. The van der Waals surface area contributed by atoms with Crippen molar-refractivity contribution in [3.63, 3.8) is 0 Å². The summed E-state index contributed by atoms with van der Waals surface area (Å²) < 4.78 is 12.9. The first kappa shape index (κ1) is 20.1. The minimum Gasteiger partial charge on any atom is -0.388 e. The first-order chi connectivity index (χ1) is 11.0. The number of halogens is 2. The second-order valence-electron chi connectivity index (χ2n) is 5.58. The normalized spacial score (nSPS) is 12.8. The second-order valence-corrected chi connectivity index (χ2v) is 5.58. The van der Waals surface area contributed by atoms with Crippen molar-refractivity contribution in [2.75, 3.05) is 0 Å². The lowest BCUT2D eigenvalue weighted by Crippen LogP contribution is -2.33. The summed E-state index contributed by atoms with van der Waals surface area (Å²) in [5.41, 5.74) is 7.66. The lowest BCUT2D eigenvalue weighted by molar-refractivity contribution is 0.0917. The van der Waals surface area contributed by atoms with Crippen LogP contribution in [0.1, 0.15) is 40.9 Å². The second kappa shape index (κ2) is 9.37. The Balaban J connectivity index is 0.00000288. The monoisotopic (exact) mass is 352 g/mol. The maximum atomic E-state index is 12.9. The van der Waals surface area contributed by atoms with Crippen molar-refractivity contribution in [1.82, 2.24) is 5.32 Å². The average molecular weight is 353 g/mol. The van der Waals surface area contributed by atoms with Crippen molar-refractivity contribution in [2.45, 2.75) is 32.0 Å². The van der Waals surface area contributed by atoms with Gasteiger partial charge < -0.3 is 16.2 Å². The summed E-state index contributed by atoms with van der Waals surface area (Å²) in [6.45, 7) is 2.25. The van der Waals surface area contributed by atoms with E-state index in [4.69, 9.17) is 5.73 Å². The van der Waals surface area contributed by atoms with Gasteiger partial charge in [0.15, 0.2) is 0 Å². The van der Waals surface area contributed by atoms with E-state index in [1.54, 1.807) is 24.3 Å². The van der Waals surface area contributed by atoms with E-state index in [2.05, 4.69) is 5.32 Å². The number of amides is 1. The number of carbonyl (C=O) groups is 1. The molecule has 130 valence electrons. The molecule has 24 heavy (non-hydrogen) atoms. The number of aliphatic hydroxyl groups is 1. The van der Waals surface area contributed by atoms with Crippen LogP contribution in [0.2, 0.25) is 0 Å². The van der Waals surface area contributed by atoms with E-state index in [1.807, 2.05) is 19.1 Å². The number of hydrogen-bond acceptors (Lipinski definition) is 3. The number of rotatable bonds is 6. The molecular weight excluding hydrogens is 331 g/mol. The number of benzene rings is 2. The van der Waals surface area contributed by atoms with Gasteiger partial charge >= 0.3 is 0 Å². The smallest absolute Gasteiger partial charge is 0.251 e. The molecule has 0 saturated carbocycles. The van der Waals surface area contributed by atoms with E-state index in [0.717, 1.165) is 5.56 Å². The van der Waals surface area contributed by atoms with Gasteiger partial charge in [0.25, 0.3) is 5.91 Å². The zero-order valence-corrected chi connectivity index (χ0v) is 14.2. The van der Waals surface area contributed by atoms with Crippen molar-refractivity contribution in [3.8, 4) is 0 Å². The van der Waals surface area contributed by atoms with Gasteiger partial charge in [-0.1, -0.05) is 24.3 Å². The average Bonchev–Trinajstić information content (AvgIpc) is 2.55. The molecule has 2 aromatic carbocycles. The summed E-state index contributed by atoms with van der Waals surface area (Å²) in [5, 5.41) is 13.0. The fourth-order valence-electron chi connectivity index (χ4n) is 2.31. The molecule has 0 saturated heterocycles. The van der Waals surface area contributed by atoms with Gasteiger partial charge in [0.1, 0.15) is 5.82 Å². The van der Waals surface area contributed by atoms with Crippen LogP contribution >= 0.6 is 12.4 Å². The minimum absolute atomic E-state index is 0. The predicted octanol–water partition coefficient (Wildman–Crippen LogP) is 2.95. The predicted molar refractivity (Wildman–Crippen MR) is 94.5 cm³/mol. The highest BCUT2D eigenvalue weighted by atomic mass is 35.5. The third-order valence-electron chi connectivity index (χ3n) is 3.66. The molecule has 6 heteroatoms. The Morgan fingerprint density at radius 3 is 2.29 bits per heavy atom. The van der Waals surface area contributed by atoms with Crippen LogP contribution in [0.15, 0.2) is 48.5 Å². The van der Waals surface area contributed by atoms with Crippen molar-refractivity contribution in [1.29, 1.82) is 0 Å². The zero-order chi connectivity index (χ0) is 16.8. The summed E-state index contributed by atoms with van der Waals surface area (Å²) >= 11 is 0. The number of nitrogens with one attached hydrogen (secondary N) is 1. The SMILES string of the molecule is CC(CC(O)c1ccc(F)cc1)NC(=O)c1ccc(CN)cc1.Cl. The van der Waals surface area contributed by atoms with E-state index in [-0.39, 0.29) is 30.2 Å². The molecule has 0 aliphatic carbocycles. The maximum absolute atomic E-state index is 12.9. The van der Waals surface area contributed by atoms with Gasteiger partial charge in [0.05, 0.1) is 6.10 Å². The topological polar surface area (TPSA) is 75.3 Å². The van der Waals surface area contributed by atoms with Crippen molar-refractivity contribution >= 4 is 18.3 Å². The summed E-state index contributed by atoms with van der Waals surface area (Å²) in [6.07, 6.45) is -0.413. The fourth-order valence-corrected chi connectivity index (χ4v) is 2.31. The van der Waals surface area contributed by atoms with Gasteiger partial charge in [0, 0.05) is 18.2 Å². The molecule has 2 rings (SSSR count). The van der Waals surface area contributed by atoms with Gasteiger partial charge in [-0.15, -0.1) is 12.4 Å². The van der Waals surface area contributed by atoms with Gasteiger partial charge in [-0.2, -0.15) is 0 Å². The van der Waals surface area contributed by atoms with Gasteiger partial charge in [-0.3, -0.25) is 4.79 Å². The van der Waals surface area contributed by atoms with Crippen LogP contribution in [0.25, 0.3) is 0 Å². The molecule has 2 atom stereocenters. The summed E-state index contributed by atoms with van der Waals surface area (Å²) in [4.78, 5) is 12.1. The molecule has 0 aromatic heterocycles. The van der Waals surface area contributed by atoms with Gasteiger partial charge in [0.2, 0.25) is 0 Å². The quantitative estimate of drug-likeness (QED) is 0.748. The largest absolute Gasteiger partial charge is 0.388 e. The number of carbonyl (C=O) groups excluding carboxylic acids is 1. The lowest BCUT2D eigenvalue weighted by Gasteiger charge is -2.18. The molecule has 0 fully saturated rings. The Hall–Kier alpha value is -1.95. The molecular formula is C18H22ClFN2O2. The molecule has 0 spiro atoms. The van der Waals surface area contributed by atoms with E-state index < -0.39 is 6.10 Å². The third-order valence-corrected chi connectivity index (χ3v) is 3.66. The van der Waals surface area contributed by atoms with E-state index in [1.165, 1.54) is 12.1 Å². The van der Waals surface area contributed by atoms with Crippen LogP contribution in [0.5, 0.6) is 0 Å². The molecule has 2 aromatic rings. The van der Waals surface area contributed by atoms with Gasteiger partial charge in [-0.05, 0) is 48.7 Å². The molecule has 4 N–H and O–H groups in total. The Morgan fingerprint density at radius 1 is 1.17 bits per heavy atom. The van der Waals surface area contributed by atoms with E-state index in [9.17, 15) is 14.3 Å². The summed E-state index contributed by atoms with van der Waals surface area (Å²) in [5.74, 6) is -0.546. The Morgan fingerprint density at radius 2 is 1.75 bits per heavy atom. The third kappa shape index (κ3) is 5.60. The molecule has 0 heterocycles. The van der Waals surface area contributed by atoms with Crippen LogP contribution in [0, 0.1) is 5.82 Å². The standard InChI is InChI=1S/C18H21FN2O2.ClH/c1-12(10-17(22)14-6-8-16(19)9-7-14)21-18(23)15-4-2-13(11-20)3-5-15;/h2-9,12,17,22H,10-11,20H2,1H3,(H,21,23);1H. The fraction of sp³-hybridized carbons (Fsp3) is 0.278. The minimum atomic E-state index is -0.759. The zero-order valence-electron chi connectivity index (χ0n) is 13.4. The molecule has 0 aliphatic heterocycles. The Labute approximate surface area is 147 Å². The Bertz CT molecular complexity index is 647. The first-order valence-corrected chi connectivity index (χ1v) is 7.53.